The summed E-state index contributed by atoms with van der Waals surface area (Å²) in [5.74, 6) is 0. The van der Waals surface area contributed by atoms with Crippen molar-refractivity contribution < 1.29 is 0 Å². The van der Waals surface area contributed by atoms with E-state index in [1.165, 1.54) is 0 Å². The van der Waals surface area contributed by atoms with Crippen LogP contribution in [0.25, 0.3) is 5.65 Å². The maximum Gasteiger partial charge on any atom is 0.176 e. The maximum atomic E-state index is 4.13. The molecule has 2 heterocycles. The highest BCUT2D eigenvalue weighted by Crippen LogP contribution is 2.10. The van der Waals surface area contributed by atoms with Crippen molar-refractivity contribution in [2.45, 2.75) is 0 Å². The first-order chi connectivity index (χ1) is 5.42. The van der Waals surface area contributed by atoms with Gasteiger partial charge in [0.1, 0.15) is 0 Å². The summed E-state index contributed by atoms with van der Waals surface area (Å²) in [6, 6.07) is 1.89. The fraction of sp³-hybridized carbons (Fsp3) is 0.143. The number of nitrogens with zero attached hydrogens (tertiary/aromatic N) is 3. The van der Waals surface area contributed by atoms with Gasteiger partial charge in [0.05, 0.1) is 11.9 Å². The summed E-state index contributed by atoms with van der Waals surface area (Å²) in [6.07, 6.45) is 5.28. The molecule has 2 aromatic rings. The summed E-state index contributed by atoms with van der Waals surface area (Å²) >= 11 is 0. The third kappa shape index (κ3) is 0.832. The number of hydrogen-bond donors (Lipinski definition) is 1. The predicted octanol–water partition coefficient (Wildman–Crippen LogP) is 0.771. The van der Waals surface area contributed by atoms with Gasteiger partial charge < -0.3 is 5.32 Å². The van der Waals surface area contributed by atoms with Gasteiger partial charge in [0.15, 0.2) is 5.65 Å². The van der Waals surface area contributed by atoms with Crippen LogP contribution in [0.15, 0.2) is 24.7 Å². The van der Waals surface area contributed by atoms with Gasteiger partial charge in [0.2, 0.25) is 0 Å². The number of anilines is 1. The van der Waals surface area contributed by atoms with E-state index in [0.29, 0.717) is 0 Å². The zero-order valence-corrected chi connectivity index (χ0v) is 6.15. The molecular formula is C7H8N4. The van der Waals surface area contributed by atoms with Crippen LogP contribution in [0.2, 0.25) is 0 Å². The van der Waals surface area contributed by atoms with Gasteiger partial charge in [-0.25, -0.2) is 9.50 Å². The first-order valence-electron chi connectivity index (χ1n) is 3.38. The molecule has 0 aliphatic carbocycles. The first kappa shape index (κ1) is 6.15. The summed E-state index contributed by atoms with van der Waals surface area (Å²) in [7, 11) is 1.87. The quantitative estimate of drug-likeness (QED) is 0.649. The van der Waals surface area contributed by atoms with Gasteiger partial charge in [-0.15, -0.1) is 0 Å². The van der Waals surface area contributed by atoms with Crippen LogP contribution in [0.4, 0.5) is 5.69 Å². The van der Waals surface area contributed by atoms with Crippen LogP contribution in [0.5, 0.6) is 0 Å². The van der Waals surface area contributed by atoms with Crippen LogP contribution in [0.1, 0.15) is 0 Å². The minimum absolute atomic E-state index is 0.856. The van der Waals surface area contributed by atoms with Gasteiger partial charge in [-0.3, -0.25) is 0 Å². The lowest BCUT2D eigenvalue weighted by atomic mass is 10.4. The van der Waals surface area contributed by atoms with Crippen molar-refractivity contribution in [1.82, 2.24) is 14.6 Å². The van der Waals surface area contributed by atoms with E-state index < -0.39 is 0 Å². The molecule has 0 saturated heterocycles. The van der Waals surface area contributed by atoms with Crippen LogP contribution in [-0.2, 0) is 0 Å². The fourth-order valence-electron chi connectivity index (χ4n) is 1.03. The highest BCUT2D eigenvalue weighted by Gasteiger charge is 1.98. The smallest absolute Gasteiger partial charge is 0.176 e. The van der Waals surface area contributed by atoms with Gasteiger partial charge in [-0.05, 0) is 6.07 Å². The lowest BCUT2D eigenvalue weighted by molar-refractivity contribution is 0.936. The number of rotatable bonds is 1. The summed E-state index contributed by atoms with van der Waals surface area (Å²) in [6.45, 7) is 0. The molecule has 4 nitrogen and oxygen atoms in total. The molecule has 0 saturated carbocycles. The molecule has 0 fully saturated rings. The molecule has 0 atom stereocenters. The van der Waals surface area contributed by atoms with Gasteiger partial charge >= 0.3 is 0 Å². The molecule has 11 heavy (non-hydrogen) atoms. The summed E-state index contributed by atoms with van der Waals surface area (Å²) in [5, 5.41) is 7.10. The van der Waals surface area contributed by atoms with Crippen molar-refractivity contribution in [1.29, 1.82) is 0 Å². The van der Waals surface area contributed by atoms with E-state index in [1.54, 1.807) is 16.9 Å². The second-order valence-corrected chi connectivity index (χ2v) is 2.19. The van der Waals surface area contributed by atoms with E-state index in [9.17, 15) is 0 Å². The summed E-state index contributed by atoms with van der Waals surface area (Å²) in [5.41, 5.74) is 1.85. The van der Waals surface area contributed by atoms with Crippen molar-refractivity contribution in [3.63, 3.8) is 0 Å². The monoisotopic (exact) mass is 148 g/mol. The topological polar surface area (TPSA) is 42.2 Å². The van der Waals surface area contributed by atoms with Crippen molar-refractivity contribution in [2.24, 2.45) is 0 Å². The van der Waals surface area contributed by atoms with Crippen LogP contribution in [-0.4, -0.2) is 21.6 Å². The number of fused-ring (bicyclic) bond motifs is 1. The molecule has 4 heteroatoms. The van der Waals surface area contributed by atoms with Crippen molar-refractivity contribution in [2.75, 3.05) is 12.4 Å². The average molecular weight is 148 g/mol. The Morgan fingerprint density at radius 2 is 2.36 bits per heavy atom. The Morgan fingerprint density at radius 3 is 3.18 bits per heavy atom. The Balaban J connectivity index is 2.79. The molecule has 56 valence electrons. The molecule has 0 aromatic carbocycles. The normalized spacial score (nSPS) is 10.3. The largest absolute Gasteiger partial charge is 0.385 e. The molecule has 2 aromatic heterocycles. The third-order valence-electron chi connectivity index (χ3n) is 1.56. The minimum atomic E-state index is 0.856. The summed E-state index contributed by atoms with van der Waals surface area (Å²) in [4.78, 5) is 4.13. The highest BCUT2D eigenvalue weighted by atomic mass is 15.2. The zero-order valence-electron chi connectivity index (χ0n) is 6.15. The van der Waals surface area contributed by atoms with Crippen LogP contribution >= 0.6 is 0 Å². The molecular weight excluding hydrogens is 140 g/mol. The molecule has 0 unspecified atom stereocenters. The predicted molar refractivity (Wildman–Crippen MR) is 42.5 cm³/mol. The Hall–Kier alpha value is -1.58. The molecule has 0 bridgehead atoms. The second-order valence-electron chi connectivity index (χ2n) is 2.19. The highest BCUT2D eigenvalue weighted by molar-refractivity contribution is 5.65. The maximum absolute atomic E-state index is 4.13. The van der Waals surface area contributed by atoms with E-state index in [4.69, 9.17) is 0 Å². The Morgan fingerprint density at radius 1 is 1.45 bits per heavy atom. The van der Waals surface area contributed by atoms with E-state index in [0.717, 1.165) is 11.3 Å². The summed E-state index contributed by atoms with van der Waals surface area (Å²) < 4.78 is 1.73. The lowest BCUT2D eigenvalue weighted by Crippen LogP contribution is -1.95. The van der Waals surface area contributed by atoms with Crippen molar-refractivity contribution in [3.05, 3.63) is 24.7 Å². The number of nitrogens with one attached hydrogen (secondary N) is 1. The van der Waals surface area contributed by atoms with Gasteiger partial charge in [0, 0.05) is 19.4 Å². The average Bonchev–Trinajstić information content (AvgIpc) is 2.50. The number of aromatic nitrogens is 3. The Bertz CT molecular complexity index is 365. The third-order valence-corrected chi connectivity index (χ3v) is 1.56. The van der Waals surface area contributed by atoms with Gasteiger partial charge in [-0.2, -0.15) is 5.10 Å². The van der Waals surface area contributed by atoms with Crippen LogP contribution in [0.3, 0.4) is 0 Å². The molecule has 0 radical (unpaired) electrons. The molecule has 2 rings (SSSR count). The van der Waals surface area contributed by atoms with E-state index in [-0.39, 0.29) is 0 Å². The molecule has 0 spiro atoms. The van der Waals surface area contributed by atoms with E-state index in [1.807, 2.05) is 19.3 Å². The number of imidazole rings is 1. The Kier molecular flexibility index (Phi) is 1.25. The molecule has 1 N–H and O–H groups in total. The van der Waals surface area contributed by atoms with E-state index >= 15 is 0 Å². The lowest BCUT2D eigenvalue weighted by Gasteiger charge is -1.99. The molecule has 0 aliphatic rings. The standard InChI is InChI=1S/C7H8N4/c1-8-6-2-3-10-11-5-4-9-7(6)11/h2-5,8H,1H3. The Labute approximate surface area is 63.9 Å². The minimum Gasteiger partial charge on any atom is -0.385 e. The fourth-order valence-corrected chi connectivity index (χ4v) is 1.03. The van der Waals surface area contributed by atoms with Gasteiger partial charge in [0.25, 0.3) is 0 Å². The second kappa shape index (κ2) is 2.23. The van der Waals surface area contributed by atoms with Crippen molar-refractivity contribution >= 4 is 11.3 Å². The molecule has 0 amide bonds. The van der Waals surface area contributed by atoms with E-state index in [2.05, 4.69) is 15.4 Å². The SMILES string of the molecule is CNc1ccnn2ccnc12. The van der Waals surface area contributed by atoms with Gasteiger partial charge in [-0.1, -0.05) is 0 Å². The first-order valence-corrected chi connectivity index (χ1v) is 3.38. The van der Waals surface area contributed by atoms with Crippen LogP contribution in [0, 0.1) is 0 Å². The van der Waals surface area contributed by atoms with Crippen molar-refractivity contribution in [3.8, 4) is 0 Å². The molecule has 0 aliphatic heterocycles. The number of hydrogen-bond acceptors (Lipinski definition) is 3. The zero-order chi connectivity index (χ0) is 7.68. The van der Waals surface area contributed by atoms with Crippen LogP contribution < -0.4 is 5.32 Å².